The van der Waals surface area contributed by atoms with Crippen LogP contribution in [0.4, 0.5) is 13.2 Å². The van der Waals surface area contributed by atoms with Crippen molar-refractivity contribution in [3.8, 4) is 5.75 Å². The zero-order chi connectivity index (χ0) is 12.6. The van der Waals surface area contributed by atoms with Gasteiger partial charge in [0.2, 0.25) is 0 Å². The summed E-state index contributed by atoms with van der Waals surface area (Å²) in [5, 5.41) is 20.8. The number of halogens is 3. The predicted molar refractivity (Wildman–Crippen MR) is 51.2 cm³/mol. The molecule has 1 aromatic rings. The maximum atomic E-state index is 13.6. The van der Waals surface area contributed by atoms with Gasteiger partial charge in [0.25, 0.3) is 6.43 Å². The fraction of sp³-hybridized carbons (Fsp3) is 0.300. The molecule has 2 rings (SSSR count). The molecule has 0 fully saturated rings. The summed E-state index contributed by atoms with van der Waals surface area (Å²) in [5.41, 5.74) is -1.16. The molecule has 0 amide bonds. The van der Waals surface area contributed by atoms with Gasteiger partial charge in [0.1, 0.15) is 30.0 Å². The summed E-state index contributed by atoms with van der Waals surface area (Å²) >= 11 is 0. The molecule has 0 bridgehead atoms. The molecule has 0 saturated heterocycles. The van der Waals surface area contributed by atoms with Crippen LogP contribution >= 0.6 is 0 Å². The molecule has 1 unspecified atom stereocenters. The van der Waals surface area contributed by atoms with Crippen LogP contribution in [0.15, 0.2) is 17.3 Å². The van der Waals surface area contributed by atoms with Crippen LogP contribution in [0, 0.1) is 5.82 Å². The topological polar surface area (TPSA) is 62.1 Å². The standard InChI is InChI=1S/C10H8F3NO3/c11-5-1-4(10(12)13)2-7-8(5)9(14-16)6(15)3-17-7/h1-2,6,10,15-16H,3H2. The fourth-order valence-electron chi connectivity index (χ4n) is 1.62. The van der Waals surface area contributed by atoms with E-state index in [0.29, 0.717) is 6.07 Å². The first-order valence-corrected chi connectivity index (χ1v) is 4.69. The number of aliphatic hydroxyl groups is 1. The zero-order valence-corrected chi connectivity index (χ0v) is 8.40. The first kappa shape index (κ1) is 11.7. The molecule has 1 atom stereocenters. The van der Waals surface area contributed by atoms with Crippen LogP contribution in [0.5, 0.6) is 5.75 Å². The van der Waals surface area contributed by atoms with Crippen molar-refractivity contribution in [1.29, 1.82) is 0 Å². The summed E-state index contributed by atoms with van der Waals surface area (Å²) in [6.45, 7) is -0.279. The number of nitrogens with zero attached hydrogens (tertiary/aromatic N) is 1. The van der Waals surface area contributed by atoms with E-state index in [1.54, 1.807) is 0 Å². The number of hydrogen-bond donors (Lipinski definition) is 2. The van der Waals surface area contributed by atoms with E-state index in [-0.39, 0.29) is 23.6 Å². The number of fused-ring (bicyclic) bond motifs is 1. The van der Waals surface area contributed by atoms with Gasteiger partial charge in [-0.1, -0.05) is 5.16 Å². The Hall–Kier alpha value is -1.76. The molecule has 1 heterocycles. The first-order valence-electron chi connectivity index (χ1n) is 4.69. The van der Waals surface area contributed by atoms with Crippen molar-refractivity contribution in [3.05, 3.63) is 29.1 Å². The van der Waals surface area contributed by atoms with E-state index in [1.807, 2.05) is 0 Å². The first-order chi connectivity index (χ1) is 8.04. The summed E-state index contributed by atoms with van der Waals surface area (Å²) in [6, 6.07) is 1.58. The van der Waals surface area contributed by atoms with Gasteiger partial charge in [-0.25, -0.2) is 13.2 Å². The Labute approximate surface area is 93.9 Å². The molecular weight excluding hydrogens is 239 g/mol. The van der Waals surface area contributed by atoms with Crippen molar-refractivity contribution >= 4 is 5.71 Å². The Balaban J connectivity index is 2.58. The Bertz CT molecular complexity index is 476. The van der Waals surface area contributed by atoms with E-state index >= 15 is 0 Å². The van der Waals surface area contributed by atoms with E-state index in [0.717, 1.165) is 6.07 Å². The smallest absolute Gasteiger partial charge is 0.264 e. The number of alkyl halides is 2. The van der Waals surface area contributed by atoms with Crippen molar-refractivity contribution in [3.63, 3.8) is 0 Å². The minimum absolute atomic E-state index is 0.168. The van der Waals surface area contributed by atoms with Crippen LogP contribution in [0.1, 0.15) is 17.6 Å². The minimum Gasteiger partial charge on any atom is -0.490 e. The molecule has 2 N–H and O–H groups in total. The monoisotopic (exact) mass is 247 g/mol. The lowest BCUT2D eigenvalue weighted by atomic mass is 9.99. The lowest BCUT2D eigenvalue weighted by Crippen LogP contribution is -2.34. The van der Waals surface area contributed by atoms with E-state index < -0.39 is 23.9 Å². The van der Waals surface area contributed by atoms with Crippen LogP contribution < -0.4 is 4.74 Å². The van der Waals surface area contributed by atoms with Gasteiger partial charge >= 0.3 is 0 Å². The quantitative estimate of drug-likeness (QED) is 0.586. The second-order valence-corrected chi connectivity index (χ2v) is 3.49. The van der Waals surface area contributed by atoms with Gasteiger partial charge in [-0.05, 0) is 12.1 Å². The predicted octanol–water partition coefficient (Wildman–Crippen LogP) is 1.69. The number of oxime groups is 1. The molecule has 0 aliphatic carbocycles. The second-order valence-electron chi connectivity index (χ2n) is 3.49. The summed E-state index contributed by atoms with van der Waals surface area (Å²) in [4.78, 5) is 0. The summed E-state index contributed by atoms with van der Waals surface area (Å²) < 4.78 is 43.4. The van der Waals surface area contributed by atoms with Gasteiger partial charge in [0.15, 0.2) is 0 Å². The SMILES string of the molecule is ON=C1c2c(F)cc(C(F)F)cc2OCC1O. The number of rotatable bonds is 1. The largest absolute Gasteiger partial charge is 0.490 e. The van der Waals surface area contributed by atoms with Crippen molar-refractivity contribution in [2.75, 3.05) is 6.61 Å². The molecule has 0 spiro atoms. The third-order valence-corrected chi connectivity index (χ3v) is 2.40. The highest BCUT2D eigenvalue weighted by Crippen LogP contribution is 2.32. The van der Waals surface area contributed by atoms with E-state index in [4.69, 9.17) is 9.94 Å². The summed E-state index contributed by atoms with van der Waals surface area (Å²) in [5.74, 6) is -1.19. The lowest BCUT2D eigenvalue weighted by Gasteiger charge is -2.23. The highest BCUT2D eigenvalue weighted by Gasteiger charge is 2.30. The molecule has 92 valence electrons. The molecule has 17 heavy (non-hydrogen) atoms. The minimum atomic E-state index is -2.83. The van der Waals surface area contributed by atoms with Gasteiger partial charge < -0.3 is 15.1 Å². The van der Waals surface area contributed by atoms with Gasteiger partial charge in [-0.15, -0.1) is 0 Å². The third-order valence-electron chi connectivity index (χ3n) is 2.40. The van der Waals surface area contributed by atoms with Crippen LogP contribution in [0.2, 0.25) is 0 Å². The molecule has 0 saturated carbocycles. The van der Waals surface area contributed by atoms with Crippen molar-refractivity contribution in [1.82, 2.24) is 0 Å². The zero-order valence-electron chi connectivity index (χ0n) is 8.40. The van der Waals surface area contributed by atoms with Crippen molar-refractivity contribution < 1.29 is 28.2 Å². The highest BCUT2D eigenvalue weighted by atomic mass is 19.3. The Kier molecular flexibility index (Phi) is 2.93. The Morgan fingerprint density at radius 3 is 2.71 bits per heavy atom. The normalized spacial score (nSPS) is 21.5. The second kappa shape index (κ2) is 4.25. The van der Waals surface area contributed by atoms with Gasteiger partial charge in [-0.3, -0.25) is 0 Å². The Morgan fingerprint density at radius 2 is 2.12 bits per heavy atom. The van der Waals surface area contributed by atoms with Crippen LogP contribution in [-0.2, 0) is 0 Å². The molecule has 1 aromatic carbocycles. The molecule has 0 radical (unpaired) electrons. The molecule has 1 aliphatic rings. The fourth-order valence-corrected chi connectivity index (χ4v) is 1.62. The van der Waals surface area contributed by atoms with Crippen LogP contribution in [0.3, 0.4) is 0 Å². The van der Waals surface area contributed by atoms with Crippen LogP contribution in [-0.4, -0.2) is 28.7 Å². The molecular formula is C10H8F3NO3. The number of aliphatic hydroxyl groups excluding tert-OH is 1. The average Bonchev–Trinajstić information content (AvgIpc) is 2.29. The maximum absolute atomic E-state index is 13.6. The van der Waals surface area contributed by atoms with E-state index in [9.17, 15) is 18.3 Å². The maximum Gasteiger partial charge on any atom is 0.264 e. The molecule has 7 heteroatoms. The summed E-state index contributed by atoms with van der Waals surface area (Å²) in [7, 11) is 0. The van der Waals surface area contributed by atoms with Gasteiger partial charge in [0.05, 0.1) is 5.56 Å². The molecule has 1 aliphatic heterocycles. The number of hydrogen-bond acceptors (Lipinski definition) is 4. The number of ether oxygens (including phenoxy) is 1. The van der Waals surface area contributed by atoms with Crippen LogP contribution in [0.25, 0.3) is 0 Å². The summed E-state index contributed by atoms with van der Waals surface area (Å²) in [6.07, 6.45) is -4.13. The molecule has 0 aromatic heterocycles. The number of benzene rings is 1. The average molecular weight is 247 g/mol. The van der Waals surface area contributed by atoms with Crippen molar-refractivity contribution in [2.24, 2.45) is 5.16 Å². The highest BCUT2D eigenvalue weighted by molar-refractivity contribution is 6.06. The van der Waals surface area contributed by atoms with E-state index in [1.165, 1.54) is 0 Å². The van der Waals surface area contributed by atoms with Gasteiger partial charge in [-0.2, -0.15) is 0 Å². The lowest BCUT2D eigenvalue weighted by molar-refractivity contribution is 0.140. The van der Waals surface area contributed by atoms with Gasteiger partial charge in [0, 0.05) is 5.56 Å². The van der Waals surface area contributed by atoms with E-state index in [2.05, 4.69) is 5.16 Å². The Morgan fingerprint density at radius 1 is 1.41 bits per heavy atom. The van der Waals surface area contributed by atoms with Crippen molar-refractivity contribution in [2.45, 2.75) is 12.5 Å². The molecule has 4 nitrogen and oxygen atoms in total. The third kappa shape index (κ3) is 1.93.